The summed E-state index contributed by atoms with van der Waals surface area (Å²) in [5.74, 6) is 0. The largest absolute Gasteiger partial charge is 0.494 e. The number of methoxy groups -OCH3 is 1. The fourth-order valence-electron chi connectivity index (χ4n) is 2.33. The SMILES string of the molecule is CC1(C)OB(c2ccc(N)cc2)OC1(C)C.COC1CCOC1. The van der Waals surface area contributed by atoms with E-state index in [0.29, 0.717) is 6.10 Å². The van der Waals surface area contributed by atoms with Crippen molar-refractivity contribution in [2.75, 3.05) is 26.1 Å². The monoisotopic (exact) mass is 321 g/mol. The van der Waals surface area contributed by atoms with Crippen molar-refractivity contribution in [2.24, 2.45) is 0 Å². The van der Waals surface area contributed by atoms with Crippen LogP contribution in [-0.2, 0) is 18.8 Å². The first kappa shape index (κ1) is 18.3. The maximum atomic E-state index is 5.93. The molecule has 1 aromatic carbocycles. The first-order valence-electron chi connectivity index (χ1n) is 8.07. The minimum atomic E-state index is -0.300. The molecule has 3 rings (SSSR count). The van der Waals surface area contributed by atoms with Crippen molar-refractivity contribution in [3.8, 4) is 0 Å². The Morgan fingerprint density at radius 1 is 1.09 bits per heavy atom. The molecule has 0 saturated carbocycles. The van der Waals surface area contributed by atoms with Gasteiger partial charge in [-0.05, 0) is 51.7 Å². The summed E-state index contributed by atoms with van der Waals surface area (Å²) in [6, 6.07) is 7.61. The molecule has 2 aliphatic heterocycles. The maximum absolute atomic E-state index is 5.93. The predicted octanol–water partition coefficient (Wildman–Crippen LogP) is 1.99. The number of nitrogen functional groups attached to an aromatic ring is 1. The molecule has 6 heteroatoms. The van der Waals surface area contributed by atoms with E-state index < -0.39 is 0 Å². The van der Waals surface area contributed by atoms with Gasteiger partial charge >= 0.3 is 7.12 Å². The van der Waals surface area contributed by atoms with Crippen LogP contribution in [0.15, 0.2) is 24.3 Å². The van der Waals surface area contributed by atoms with E-state index in [4.69, 9.17) is 24.5 Å². The molecule has 0 amide bonds. The van der Waals surface area contributed by atoms with Crippen LogP contribution in [0, 0.1) is 0 Å². The molecule has 128 valence electrons. The van der Waals surface area contributed by atoms with E-state index in [0.717, 1.165) is 30.8 Å². The number of nitrogens with two attached hydrogens (primary N) is 1. The third-order valence-electron chi connectivity index (χ3n) is 4.68. The third kappa shape index (κ3) is 4.47. The highest BCUT2D eigenvalue weighted by molar-refractivity contribution is 6.62. The molecule has 1 atom stereocenters. The molecule has 1 aromatic rings. The van der Waals surface area contributed by atoms with Crippen LogP contribution in [0.3, 0.4) is 0 Å². The predicted molar refractivity (Wildman–Crippen MR) is 92.8 cm³/mol. The van der Waals surface area contributed by atoms with Gasteiger partial charge in [-0.1, -0.05) is 12.1 Å². The van der Waals surface area contributed by atoms with Crippen LogP contribution in [0.2, 0.25) is 0 Å². The van der Waals surface area contributed by atoms with Crippen LogP contribution in [0.1, 0.15) is 34.1 Å². The highest BCUT2D eigenvalue weighted by Crippen LogP contribution is 2.36. The van der Waals surface area contributed by atoms with Gasteiger partial charge in [0.1, 0.15) is 0 Å². The molecule has 0 spiro atoms. The van der Waals surface area contributed by atoms with Crippen molar-refractivity contribution in [1.29, 1.82) is 0 Å². The Hall–Kier alpha value is -1.08. The Labute approximate surface area is 139 Å². The van der Waals surface area contributed by atoms with Gasteiger partial charge in [0.25, 0.3) is 0 Å². The zero-order chi connectivity index (χ0) is 17.1. The fraction of sp³-hybridized carbons (Fsp3) is 0.647. The van der Waals surface area contributed by atoms with Crippen molar-refractivity contribution in [3.05, 3.63) is 24.3 Å². The van der Waals surface area contributed by atoms with E-state index in [1.807, 2.05) is 52.0 Å². The van der Waals surface area contributed by atoms with Gasteiger partial charge in [0, 0.05) is 19.4 Å². The second kappa shape index (κ2) is 7.22. The minimum absolute atomic E-state index is 0.293. The Balaban J connectivity index is 0.000000229. The van der Waals surface area contributed by atoms with Crippen molar-refractivity contribution in [2.45, 2.75) is 51.4 Å². The number of benzene rings is 1. The van der Waals surface area contributed by atoms with E-state index in [2.05, 4.69) is 0 Å². The van der Waals surface area contributed by atoms with Gasteiger partial charge in [-0.15, -0.1) is 0 Å². The molecule has 2 heterocycles. The first-order valence-corrected chi connectivity index (χ1v) is 8.07. The number of hydrogen-bond acceptors (Lipinski definition) is 5. The number of hydrogen-bond donors (Lipinski definition) is 1. The van der Waals surface area contributed by atoms with Crippen molar-refractivity contribution >= 4 is 18.3 Å². The minimum Gasteiger partial charge on any atom is -0.399 e. The lowest BCUT2D eigenvalue weighted by atomic mass is 9.79. The van der Waals surface area contributed by atoms with Crippen LogP contribution in [0.4, 0.5) is 5.69 Å². The summed E-state index contributed by atoms with van der Waals surface area (Å²) in [5.41, 5.74) is 6.82. The summed E-state index contributed by atoms with van der Waals surface area (Å²) in [6.45, 7) is 9.85. The first-order chi connectivity index (χ1) is 10.7. The maximum Gasteiger partial charge on any atom is 0.494 e. The van der Waals surface area contributed by atoms with E-state index in [9.17, 15) is 0 Å². The van der Waals surface area contributed by atoms with Crippen LogP contribution in [0.5, 0.6) is 0 Å². The summed E-state index contributed by atoms with van der Waals surface area (Å²) in [7, 11) is 1.42. The molecule has 2 aliphatic rings. The normalized spacial score (nSPS) is 25.1. The van der Waals surface area contributed by atoms with Gasteiger partial charge in [-0.3, -0.25) is 0 Å². The summed E-state index contributed by atoms with van der Waals surface area (Å²) in [6.07, 6.45) is 1.44. The van der Waals surface area contributed by atoms with Gasteiger partial charge in [-0.2, -0.15) is 0 Å². The Morgan fingerprint density at radius 3 is 2.04 bits per heavy atom. The van der Waals surface area contributed by atoms with E-state index in [-0.39, 0.29) is 18.3 Å². The second-order valence-electron chi connectivity index (χ2n) is 6.98. The fourth-order valence-corrected chi connectivity index (χ4v) is 2.33. The quantitative estimate of drug-likeness (QED) is 0.667. The molecular formula is C17H28BNO4. The zero-order valence-corrected chi connectivity index (χ0v) is 14.8. The van der Waals surface area contributed by atoms with Gasteiger partial charge in [0.05, 0.1) is 23.9 Å². The topological polar surface area (TPSA) is 62.9 Å². The van der Waals surface area contributed by atoms with Crippen LogP contribution in [0.25, 0.3) is 0 Å². The van der Waals surface area contributed by atoms with Crippen LogP contribution >= 0.6 is 0 Å². The molecule has 0 aromatic heterocycles. The molecule has 0 aliphatic carbocycles. The highest BCUT2D eigenvalue weighted by atomic mass is 16.7. The molecule has 1 unspecified atom stereocenters. The van der Waals surface area contributed by atoms with Gasteiger partial charge in [0.15, 0.2) is 0 Å². The van der Waals surface area contributed by atoms with Crippen molar-refractivity contribution in [1.82, 2.24) is 0 Å². The third-order valence-corrected chi connectivity index (χ3v) is 4.68. The summed E-state index contributed by atoms with van der Waals surface area (Å²) in [5, 5.41) is 0. The number of ether oxygens (including phenoxy) is 2. The molecule has 0 bridgehead atoms. The lowest BCUT2D eigenvalue weighted by Crippen LogP contribution is -2.41. The molecule has 2 N–H and O–H groups in total. The Morgan fingerprint density at radius 2 is 1.65 bits per heavy atom. The molecule has 0 radical (unpaired) electrons. The number of rotatable bonds is 2. The van der Waals surface area contributed by atoms with E-state index in [1.165, 1.54) is 0 Å². The highest BCUT2D eigenvalue weighted by Gasteiger charge is 2.51. The average Bonchev–Trinajstić information content (AvgIpc) is 3.07. The van der Waals surface area contributed by atoms with Gasteiger partial charge in [-0.25, -0.2) is 0 Å². The smallest absolute Gasteiger partial charge is 0.399 e. The average molecular weight is 321 g/mol. The Kier molecular flexibility index (Phi) is 5.73. The summed E-state index contributed by atoms with van der Waals surface area (Å²) >= 11 is 0. The number of anilines is 1. The summed E-state index contributed by atoms with van der Waals surface area (Å²) in [4.78, 5) is 0. The molecule has 2 saturated heterocycles. The zero-order valence-electron chi connectivity index (χ0n) is 14.8. The van der Waals surface area contributed by atoms with E-state index in [1.54, 1.807) is 7.11 Å². The molecule has 2 fully saturated rings. The van der Waals surface area contributed by atoms with Gasteiger partial charge < -0.3 is 24.5 Å². The molecule has 23 heavy (non-hydrogen) atoms. The second-order valence-corrected chi connectivity index (χ2v) is 6.98. The van der Waals surface area contributed by atoms with Crippen LogP contribution < -0.4 is 11.2 Å². The van der Waals surface area contributed by atoms with Crippen molar-refractivity contribution < 1.29 is 18.8 Å². The molecular weight excluding hydrogens is 293 g/mol. The standard InChI is InChI=1S/C12H18BNO2.C5H10O2/c1-11(2)12(3,4)16-13(15-11)9-5-7-10(14)8-6-9;1-6-5-2-3-7-4-5/h5-8H,14H2,1-4H3;5H,2-4H2,1H3. The van der Waals surface area contributed by atoms with Crippen molar-refractivity contribution in [3.63, 3.8) is 0 Å². The lowest BCUT2D eigenvalue weighted by Gasteiger charge is -2.32. The van der Waals surface area contributed by atoms with Gasteiger partial charge in [0.2, 0.25) is 0 Å². The molecule has 5 nitrogen and oxygen atoms in total. The lowest BCUT2D eigenvalue weighted by molar-refractivity contribution is 0.00578. The van der Waals surface area contributed by atoms with E-state index >= 15 is 0 Å². The summed E-state index contributed by atoms with van der Waals surface area (Å²) < 4.78 is 21.9. The Bertz CT molecular complexity index is 482. The van der Waals surface area contributed by atoms with Crippen LogP contribution in [-0.4, -0.2) is 44.7 Å².